The second-order valence-electron chi connectivity index (χ2n) is 10.6. The van der Waals surface area contributed by atoms with E-state index in [0.29, 0.717) is 12.9 Å². The Morgan fingerprint density at radius 3 is 1.80 bits per heavy atom. The van der Waals surface area contributed by atoms with E-state index in [9.17, 15) is 9.59 Å². The average Bonchev–Trinajstić information content (AvgIpc) is 3.07. The number of halogens is 2. The first-order chi connectivity index (χ1) is 21.9. The van der Waals surface area contributed by atoms with E-state index >= 15 is 0 Å². The maximum atomic E-state index is 13.6. The Morgan fingerprint density at radius 1 is 0.578 bits per heavy atom. The largest absolute Gasteiger partial charge is 0.457 e. The van der Waals surface area contributed by atoms with Crippen LogP contribution >= 0.6 is 45.2 Å². The van der Waals surface area contributed by atoms with Crippen molar-refractivity contribution in [2.75, 3.05) is 0 Å². The van der Waals surface area contributed by atoms with Crippen molar-refractivity contribution in [1.29, 1.82) is 0 Å². The molecule has 0 saturated heterocycles. The predicted octanol–water partition coefficient (Wildman–Crippen LogP) is 10.8. The van der Waals surface area contributed by atoms with E-state index < -0.39 is 11.9 Å². The summed E-state index contributed by atoms with van der Waals surface area (Å²) >= 11 is 3.93. The third-order valence-corrected chi connectivity index (χ3v) is 9.26. The monoisotopic (exact) mass is 810 g/mol. The molecule has 0 aromatic heterocycles. The van der Waals surface area contributed by atoms with Gasteiger partial charge in [0, 0.05) is 10.9 Å². The average molecular weight is 810 g/mol. The summed E-state index contributed by atoms with van der Waals surface area (Å²) in [5.74, 6) is -0.368. The van der Waals surface area contributed by atoms with Gasteiger partial charge < -0.3 is 9.47 Å². The molecule has 0 amide bonds. The van der Waals surface area contributed by atoms with E-state index in [1.165, 1.54) is 10.8 Å². The van der Waals surface area contributed by atoms with Crippen LogP contribution in [0.4, 0.5) is 0 Å². The van der Waals surface area contributed by atoms with Crippen molar-refractivity contribution >= 4 is 117 Å². The molecular weight excluding hydrogens is 786 g/mol. The van der Waals surface area contributed by atoms with Gasteiger partial charge in [-0.1, -0.05) is 110 Å². The summed E-state index contributed by atoms with van der Waals surface area (Å²) in [5, 5.41) is 10.3. The number of carbonyl (C=O) groups excluding carboxylic acids is 2. The highest BCUT2D eigenvalue weighted by Gasteiger charge is 2.18. The maximum Gasteiger partial charge on any atom is 0.349 e. The molecule has 4 nitrogen and oxygen atoms in total. The molecule has 7 aromatic rings. The van der Waals surface area contributed by atoms with E-state index in [-0.39, 0.29) is 6.61 Å². The molecule has 0 N–H and O–H groups in total. The summed E-state index contributed by atoms with van der Waals surface area (Å²) in [4.78, 5) is 25.8. The standard InChI is InChI=1S/C39H24I2O4/c1-23(40)38(42)44-22-35-29-13-6-4-11-27(29)34(28-12-5-7-14-30(28)35)21-36(41)39(43)45-37-16-8-15-26-32-18-17-24-9-2-3-10-25(24)31(32)19-20-33(26)37/h2-21H,1,22H2/b36-21+. The van der Waals surface area contributed by atoms with Crippen LogP contribution in [0.2, 0.25) is 0 Å². The second kappa shape index (κ2) is 12.3. The van der Waals surface area contributed by atoms with Crippen molar-refractivity contribution in [3.8, 4) is 5.75 Å². The van der Waals surface area contributed by atoms with Gasteiger partial charge >= 0.3 is 11.9 Å². The highest BCUT2D eigenvalue weighted by molar-refractivity contribution is 14.1. The van der Waals surface area contributed by atoms with Crippen molar-refractivity contribution < 1.29 is 19.1 Å². The lowest BCUT2D eigenvalue weighted by atomic mass is 9.92. The first kappa shape index (κ1) is 29.4. The summed E-state index contributed by atoms with van der Waals surface area (Å²) in [6, 6.07) is 38.5. The van der Waals surface area contributed by atoms with Crippen LogP contribution in [0.15, 0.2) is 129 Å². The van der Waals surface area contributed by atoms with Gasteiger partial charge in [-0.2, -0.15) is 0 Å². The van der Waals surface area contributed by atoms with Gasteiger partial charge in [0.1, 0.15) is 12.4 Å². The minimum Gasteiger partial charge on any atom is -0.457 e. The number of benzene rings is 7. The number of carbonyl (C=O) groups is 2. The fourth-order valence-corrected chi connectivity index (χ4v) is 6.61. The quantitative estimate of drug-likeness (QED) is 0.0419. The Morgan fingerprint density at radius 2 is 1.11 bits per heavy atom. The molecule has 0 atom stereocenters. The molecule has 0 saturated carbocycles. The van der Waals surface area contributed by atoms with E-state index in [1.807, 2.05) is 101 Å². The van der Waals surface area contributed by atoms with Gasteiger partial charge in [-0.05, 0) is 117 Å². The number of hydrogen-bond donors (Lipinski definition) is 0. The lowest BCUT2D eigenvalue weighted by Crippen LogP contribution is -2.08. The second-order valence-corrected chi connectivity index (χ2v) is 13.1. The number of esters is 2. The Bertz CT molecular complexity index is 2330. The van der Waals surface area contributed by atoms with Crippen molar-refractivity contribution in [3.05, 3.63) is 140 Å². The van der Waals surface area contributed by atoms with E-state index in [0.717, 1.165) is 54.2 Å². The Balaban J connectivity index is 1.28. The first-order valence-electron chi connectivity index (χ1n) is 14.3. The number of ether oxygens (including phenoxy) is 2. The molecule has 0 aliphatic rings. The molecule has 6 heteroatoms. The van der Waals surface area contributed by atoms with Crippen LogP contribution in [-0.2, 0) is 20.9 Å². The van der Waals surface area contributed by atoms with Crippen LogP contribution in [0.25, 0.3) is 59.9 Å². The minimum atomic E-state index is -0.445. The maximum absolute atomic E-state index is 13.6. The molecule has 0 unspecified atom stereocenters. The highest BCUT2D eigenvalue weighted by atomic mass is 127. The van der Waals surface area contributed by atoms with E-state index in [2.05, 4.69) is 71.6 Å². The van der Waals surface area contributed by atoms with Crippen molar-refractivity contribution in [1.82, 2.24) is 0 Å². The lowest BCUT2D eigenvalue weighted by molar-refractivity contribution is -0.139. The minimum absolute atomic E-state index is 0.108. The van der Waals surface area contributed by atoms with Gasteiger partial charge in [0.25, 0.3) is 0 Å². The van der Waals surface area contributed by atoms with Gasteiger partial charge in [0.2, 0.25) is 0 Å². The molecule has 7 rings (SSSR count). The molecular formula is C39H24I2O4. The fraction of sp³-hybridized carbons (Fsp3) is 0.0256. The molecule has 218 valence electrons. The zero-order valence-corrected chi connectivity index (χ0v) is 28.2. The van der Waals surface area contributed by atoms with Crippen LogP contribution in [-0.4, -0.2) is 11.9 Å². The molecule has 0 radical (unpaired) electrons. The van der Waals surface area contributed by atoms with Crippen molar-refractivity contribution in [2.24, 2.45) is 0 Å². The summed E-state index contributed by atoms with van der Waals surface area (Å²) in [5.41, 5.74) is 1.80. The molecule has 0 heterocycles. The van der Waals surface area contributed by atoms with Crippen LogP contribution in [0.3, 0.4) is 0 Å². The van der Waals surface area contributed by atoms with Gasteiger partial charge in [0.05, 0.1) is 7.16 Å². The Hall–Kier alpha value is -4.28. The zero-order chi connectivity index (χ0) is 31.1. The summed E-state index contributed by atoms with van der Waals surface area (Å²) in [7, 11) is 0. The third-order valence-electron chi connectivity index (χ3n) is 8.07. The summed E-state index contributed by atoms with van der Waals surface area (Å²) < 4.78 is 12.4. The summed E-state index contributed by atoms with van der Waals surface area (Å²) in [6.07, 6.45) is 1.88. The lowest BCUT2D eigenvalue weighted by Gasteiger charge is -2.16. The SMILES string of the molecule is C=C(I)C(=O)OCc1c2ccccc2c(/C=C(/I)C(=O)Oc2cccc3c2ccc2c4ccccc4ccc32)c2ccccc12. The molecule has 0 aliphatic heterocycles. The molecule has 0 spiro atoms. The molecule has 45 heavy (non-hydrogen) atoms. The van der Waals surface area contributed by atoms with Crippen LogP contribution < -0.4 is 4.74 Å². The smallest absolute Gasteiger partial charge is 0.349 e. The Kier molecular flexibility index (Phi) is 8.01. The van der Waals surface area contributed by atoms with Gasteiger partial charge in [0.15, 0.2) is 0 Å². The molecule has 7 aromatic carbocycles. The Labute approximate surface area is 286 Å². The van der Waals surface area contributed by atoms with Crippen LogP contribution in [0.1, 0.15) is 11.1 Å². The highest BCUT2D eigenvalue weighted by Crippen LogP contribution is 2.38. The fourth-order valence-electron chi connectivity index (χ4n) is 6.03. The van der Waals surface area contributed by atoms with Gasteiger partial charge in [-0.15, -0.1) is 0 Å². The first-order valence-corrected chi connectivity index (χ1v) is 16.4. The predicted molar refractivity (Wildman–Crippen MR) is 201 cm³/mol. The number of hydrogen-bond acceptors (Lipinski definition) is 4. The number of fused-ring (bicyclic) bond motifs is 7. The van der Waals surface area contributed by atoms with Crippen LogP contribution in [0.5, 0.6) is 5.75 Å². The zero-order valence-electron chi connectivity index (χ0n) is 23.9. The third kappa shape index (κ3) is 5.46. The van der Waals surface area contributed by atoms with Crippen molar-refractivity contribution in [2.45, 2.75) is 6.61 Å². The van der Waals surface area contributed by atoms with Crippen molar-refractivity contribution in [3.63, 3.8) is 0 Å². The van der Waals surface area contributed by atoms with Crippen LogP contribution in [0, 0.1) is 0 Å². The molecule has 0 bridgehead atoms. The summed E-state index contributed by atoms with van der Waals surface area (Å²) in [6.45, 7) is 3.79. The topological polar surface area (TPSA) is 52.6 Å². The van der Waals surface area contributed by atoms with E-state index in [1.54, 1.807) is 0 Å². The number of rotatable bonds is 6. The molecule has 0 fully saturated rings. The van der Waals surface area contributed by atoms with Gasteiger partial charge in [-0.25, -0.2) is 9.59 Å². The van der Waals surface area contributed by atoms with Gasteiger partial charge in [-0.3, -0.25) is 0 Å². The molecule has 0 aliphatic carbocycles. The normalized spacial score (nSPS) is 11.8. The van der Waals surface area contributed by atoms with E-state index in [4.69, 9.17) is 9.47 Å².